The van der Waals surface area contributed by atoms with Gasteiger partial charge in [0.1, 0.15) is 0 Å². The predicted molar refractivity (Wildman–Crippen MR) is 87.3 cm³/mol. The fourth-order valence-electron chi connectivity index (χ4n) is 2.35. The first kappa shape index (κ1) is 15.2. The summed E-state index contributed by atoms with van der Waals surface area (Å²) in [6.07, 6.45) is 7.27. The van der Waals surface area contributed by atoms with E-state index in [0.717, 1.165) is 11.1 Å². The van der Waals surface area contributed by atoms with Crippen LogP contribution in [0.15, 0.2) is 49.1 Å². The first-order chi connectivity index (χ1) is 11.2. The lowest BCUT2D eigenvalue weighted by atomic mass is 10.1. The molecule has 0 saturated carbocycles. The van der Waals surface area contributed by atoms with Crippen LogP contribution in [0.1, 0.15) is 10.4 Å². The highest BCUT2D eigenvalue weighted by molar-refractivity contribution is 5.95. The maximum Gasteiger partial charge on any atom is 0.253 e. The zero-order chi connectivity index (χ0) is 16.2. The number of rotatable bonds is 5. The molecule has 0 unspecified atom stereocenters. The van der Waals surface area contributed by atoms with Gasteiger partial charge in [0.2, 0.25) is 5.78 Å². The topological polar surface area (TPSA) is 59.7 Å². The largest absolute Gasteiger partial charge is 0.383 e. The zero-order valence-corrected chi connectivity index (χ0v) is 13.1. The van der Waals surface area contributed by atoms with Crippen LogP contribution in [0.25, 0.3) is 16.9 Å². The summed E-state index contributed by atoms with van der Waals surface area (Å²) in [5.41, 5.74) is 2.52. The molecule has 23 heavy (non-hydrogen) atoms. The van der Waals surface area contributed by atoms with E-state index in [1.54, 1.807) is 31.5 Å². The van der Waals surface area contributed by atoms with E-state index in [0.29, 0.717) is 24.5 Å². The minimum Gasteiger partial charge on any atom is -0.383 e. The Morgan fingerprint density at radius 3 is 3.00 bits per heavy atom. The number of hydrogen-bond donors (Lipinski definition) is 0. The maximum absolute atomic E-state index is 12.4. The number of carbonyl (C=O) groups is 1. The molecular weight excluding hydrogens is 292 g/mol. The summed E-state index contributed by atoms with van der Waals surface area (Å²) >= 11 is 0. The molecule has 0 fully saturated rings. The predicted octanol–water partition coefficient (Wildman–Crippen LogP) is 2.11. The fourth-order valence-corrected chi connectivity index (χ4v) is 2.35. The second kappa shape index (κ2) is 6.58. The van der Waals surface area contributed by atoms with Crippen molar-refractivity contribution in [2.75, 3.05) is 27.3 Å². The molecule has 6 heteroatoms. The van der Waals surface area contributed by atoms with E-state index in [-0.39, 0.29) is 5.91 Å². The van der Waals surface area contributed by atoms with Gasteiger partial charge in [-0.05, 0) is 17.7 Å². The SMILES string of the molecule is COCCN(C)C(=O)c1cccc(-c2cnc3nccn3c2)c1. The van der Waals surface area contributed by atoms with E-state index in [2.05, 4.69) is 9.97 Å². The lowest BCUT2D eigenvalue weighted by Crippen LogP contribution is -2.29. The summed E-state index contributed by atoms with van der Waals surface area (Å²) in [6, 6.07) is 7.54. The lowest BCUT2D eigenvalue weighted by molar-refractivity contribution is 0.0744. The zero-order valence-electron chi connectivity index (χ0n) is 13.1. The third kappa shape index (κ3) is 3.22. The Bertz CT molecular complexity index is 828. The van der Waals surface area contributed by atoms with Crippen LogP contribution in [0.3, 0.4) is 0 Å². The molecule has 0 saturated heterocycles. The van der Waals surface area contributed by atoms with E-state index in [4.69, 9.17) is 4.74 Å². The monoisotopic (exact) mass is 310 g/mol. The molecule has 3 aromatic rings. The Balaban J connectivity index is 1.88. The molecule has 0 N–H and O–H groups in total. The lowest BCUT2D eigenvalue weighted by Gasteiger charge is -2.17. The summed E-state index contributed by atoms with van der Waals surface area (Å²) in [5, 5.41) is 0. The van der Waals surface area contributed by atoms with Crippen molar-refractivity contribution in [1.82, 2.24) is 19.3 Å². The molecule has 0 spiro atoms. The highest BCUT2D eigenvalue weighted by Gasteiger charge is 2.12. The third-order valence-electron chi connectivity index (χ3n) is 3.67. The molecule has 0 atom stereocenters. The third-order valence-corrected chi connectivity index (χ3v) is 3.67. The maximum atomic E-state index is 12.4. The van der Waals surface area contributed by atoms with Crippen LogP contribution in [-0.2, 0) is 4.74 Å². The van der Waals surface area contributed by atoms with Crippen LogP contribution in [0.4, 0.5) is 0 Å². The molecule has 0 aliphatic heterocycles. The minimum atomic E-state index is -0.0273. The van der Waals surface area contributed by atoms with Gasteiger partial charge < -0.3 is 9.64 Å². The molecule has 1 amide bonds. The summed E-state index contributed by atoms with van der Waals surface area (Å²) in [4.78, 5) is 22.5. The van der Waals surface area contributed by atoms with E-state index >= 15 is 0 Å². The summed E-state index contributed by atoms with van der Waals surface area (Å²) < 4.78 is 6.87. The van der Waals surface area contributed by atoms with Crippen LogP contribution in [0.5, 0.6) is 0 Å². The van der Waals surface area contributed by atoms with Gasteiger partial charge in [0.25, 0.3) is 5.91 Å². The van der Waals surface area contributed by atoms with Crippen molar-refractivity contribution in [2.45, 2.75) is 0 Å². The van der Waals surface area contributed by atoms with Gasteiger partial charge in [-0.1, -0.05) is 12.1 Å². The molecule has 2 aromatic heterocycles. The molecule has 0 radical (unpaired) electrons. The van der Waals surface area contributed by atoms with Gasteiger partial charge in [-0.15, -0.1) is 0 Å². The van der Waals surface area contributed by atoms with Crippen molar-refractivity contribution < 1.29 is 9.53 Å². The molecule has 2 heterocycles. The first-order valence-electron chi connectivity index (χ1n) is 7.32. The number of amides is 1. The number of imidazole rings is 1. The Kier molecular flexibility index (Phi) is 4.34. The van der Waals surface area contributed by atoms with Crippen LogP contribution in [-0.4, -0.2) is 52.5 Å². The highest BCUT2D eigenvalue weighted by Crippen LogP contribution is 2.20. The second-order valence-electron chi connectivity index (χ2n) is 5.28. The van der Waals surface area contributed by atoms with E-state index in [9.17, 15) is 4.79 Å². The molecule has 3 rings (SSSR count). The Morgan fingerprint density at radius 2 is 2.17 bits per heavy atom. The van der Waals surface area contributed by atoms with Gasteiger partial charge in [0.05, 0.1) is 6.61 Å². The fraction of sp³-hybridized carbons (Fsp3) is 0.235. The number of ether oxygens (including phenoxy) is 1. The van der Waals surface area contributed by atoms with Crippen molar-refractivity contribution in [2.24, 2.45) is 0 Å². The van der Waals surface area contributed by atoms with Crippen LogP contribution in [0.2, 0.25) is 0 Å². The summed E-state index contributed by atoms with van der Waals surface area (Å²) in [6.45, 7) is 1.07. The van der Waals surface area contributed by atoms with E-state index in [1.165, 1.54) is 0 Å². The van der Waals surface area contributed by atoms with Crippen molar-refractivity contribution in [3.8, 4) is 11.1 Å². The number of aromatic nitrogens is 3. The van der Waals surface area contributed by atoms with Gasteiger partial charge in [0, 0.05) is 56.6 Å². The molecule has 6 nitrogen and oxygen atoms in total. The number of carbonyl (C=O) groups excluding carboxylic acids is 1. The van der Waals surface area contributed by atoms with Crippen molar-refractivity contribution in [3.05, 3.63) is 54.6 Å². The van der Waals surface area contributed by atoms with Crippen LogP contribution >= 0.6 is 0 Å². The van der Waals surface area contributed by atoms with Crippen molar-refractivity contribution in [3.63, 3.8) is 0 Å². The standard InChI is InChI=1S/C17H18N4O2/c1-20(8-9-23-2)16(22)14-5-3-4-13(10-14)15-11-19-17-18-6-7-21(17)12-15/h3-7,10-12H,8-9H2,1-2H3. The van der Waals surface area contributed by atoms with Crippen molar-refractivity contribution >= 4 is 11.7 Å². The van der Waals surface area contributed by atoms with Crippen LogP contribution in [0, 0.1) is 0 Å². The normalized spacial score (nSPS) is 10.9. The molecule has 0 aliphatic carbocycles. The first-order valence-corrected chi connectivity index (χ1v) is 7.32. The Hall–Kier alpha value is -2.73. The van der Waals surface area contributed by atoms with Gasteiger partial charge in [-0.25, -0.2) is 9.97 Å². The molecule has 0 aliphatic rings. The van der Waals surface area contributed by atoms with E-state index in [1.807, 2.05) is 41.1 Å². The second-order valence-corrected chi connectivity index (χ2v) is 5.28. The van der Waals surface area contributed by atoms with E-state index < -0.39 is 0 Å². The summed E-state index contributed by atoms with van der Waals surface area (Å²) in [5.74, 6) is 0.626. The molecular formula is C17H18N4O2. The number of hydrogen-bond acceptors (Lipinski definition) is 4. The number of nitrogens with zero attached hydrogens (tertiary/aromatic N) is 4. The van der Waals surface area contributed by atoms with Gasteiger partial charge >= 0.3 is 0 Å². The smallest absolute Gasteiger partial charge is 0.253 e. The average molecular weight is 310 g/mol. The quantitative estimate of drug-likeness (QED) is 0.724. The Labute approximate surface area is 134 Å². The number of fused-ring (bicyclic) bond motifs is 1. The highest BCUT2D eigenvalue weighted by atomic mass is 16.5. The molecule has 0 bridgehead atoms. The molecule has 118 valence electrons. The number of benzene rings is 1. The van der Waals surface area contributed by atoms with Gasteiger partial charge in [-0.2, -0.15) is 0 Å². The Morgan fingerprint density at radius 1 is 1.30 bits per heavy atom. The minimum absolute atomic E-state index is 0.0273. The molecule has 1 aromatic carbocycles. The van der Waals surface area contributed by atoms with Crippen LogP contribution < -0.4 is 0 Å². The summed E-state index contributed by atoms with van der Waals surface area (Å²) in [7, 11) is 3.39. The average Bonchev–Trinajstić information content (AvgIpc) is 3.06. The number of likely N-dealkylation sites (N-methyl/N-ethyl adjacent to an activating group) is 1. The van der Waals surface area contributed by atoms with Gasteiger partial charge in [-0.3, -0.25) is 9.20 Å². The van der Waals surface area contributed by atoms with Crippen molar-refractivity contribution in [1.29, 1.82) is 0 Å². The number of methoxy groups -OCH3 is 1. The van der Waals surface area contributed by atoms with Gasteiger partial charge in [0.15, 0.2) is 0 Å².